The number of amides is 1. The van der Waals surface area contributed by atoms with Crippen LogP contribution in [-0.2, 0) is 4.74 Å². The summed E-state index contributed by atoms with van der Waals surface area (Å²) in [5.41, 5.74) is 4.86. The van der Waals surface area contributed by atoms with Gasteiger partial charge in [-0.2, -0.15) is 0 Å². The molecule has 1 aromatic rings. The molecule has 0 saturated heterocycles. The highest BCUT2D eigenvalue weighted by atomic mass is 79.9. The van der Waals surface area contributed by atoms with Gasteiger partial charge in [0.1, 0.15) is 18.5 Å². The van der Waals surface area contributed by atoms with Crippen LogP contribution in [0.1, 0.15) is 6.92 Å². The van der Waals surface area contributed by atoms with Crippen LogP contribution < -0.4 is 10.5 Å². The number of ether oxygens (including phenoxy) is 2. The fourth-order valence-electron chi connectivity index (χ4n) is 0.977. The number of benzene rings is 1. The van der Waals surface area contributed by atoms with Crippen molar-refractivity contribution in [2.75, 3.05) is 6.61 Å². The average Bonchev–Trinajstić information content (AvgIpc) is 2.16. The van der Waals surface area contributed by atoms with E-state index >= 15 is 0 Å². The van der Waals surface area contributed by atoms with Crippen LogP contribution in [0.3, 0.4) is 0 Å². The first kappa shape index (κ1) is 11.8. The predicted molar refractivity (Wildman–Crippen MR) is 59.8 cm³/mol. The van der Waals surface area contributed by atoms with E-state index in [0.29, 0.717) is 0 Å². The normalized spacial score (nSPS) is 11.9. The zero-order valence-corrected chi connectivity index (χ0v) is 9.86. The maximum atomic E-state index is 10.4. The van der Waals surface area contributed by atoms with Gasteiger partial charge in [-0.15, -0.1) is 0 Å². The van der Waals surface area contributed by atoms with Crippen LogP contribution in [0.2, 0.25) is 0 Å². The van der Waals surface area contributed by atoms with Crippen molar-refractivity contribution in [1.29, 1.82) is 0 Å². The van der Waals surface area contributed by atoms with Crippen LogP contribution in [-0.4, -0.2) is 18.8 Å². The molecule has 15 heavy (non-hydrogen) atoms. The van der Waals surface area contributed by atoms with Crippen LogP contribution in [0, 0.1) is 0 Å². The summed E-state index contributed by atoms with van der Waals surface area (Å²) in [6, 6.07) is 7.38. The molecule has 0 aliphatic carbocycles. The van der Waals surface area contributed by atoms with E-state index in [1.54, 1.807) is 6.92 Å². The Morgan fingerprint density at radius 3 is 2.60 bits per heavy atom. The summed E-state index contributed by atoms with van der Waals surface area (Å²) in [4.78, 5) is 10.4. The van der Waals surface area contributed by atoms with E-state index < -0.39 is 6.09 Å². The van der Waals surface area contributed by atoms with E-state index in [0.717, 1.165) is 10.2 Å². The van der Waals surface area contributed by atoms with Crippen molar-refractivity contribution in [3.05, 3.63) is 28.7 Å². The number of primary amides is 1. The van der Waals surface area contributed by atoms with Crippen LogP contribution >= 0.6 is 15.9 Å². The van der Waals surface area contributed by atoms with Crippen LogP contribution in [0.5, 0.6) is 5.75 Å². The zero-order valence-electron chi connectivity index (χ0n) is 8.27. The Morgan fingerprint density at radius 1 is 1.47 bits per heavy atom. The standard InChI is InChI=1S/C10H12BrNO3/c1-7(15-10(12)13)6-14-9-4-2-8(11)3-5-9/h2-5,7H,6H2,1H3,(H2,12,13). The molecular weight excluding hydrogens is 262 g/mol. The van der Waals surface area contributed by atoms with E-state index in [1.807, 2.05) is 24.3 Å². The van der Waals surface area contributed by atoms with Crippen molar-refractivity contribution in [3.8, 4) is 5.75 Å². The number of hydrogen-bond donors (Lipinski definition) is 1. The Morgan fingerprint density at radius 2 is 2.07 bits per heavy atom. The third kappa shape index (κ3) is 4.69. The lowest BCUT2D eigenvalue weighted by atomic mass is 10.3. The topological polar surface area (TPSA) is 61.6 Å². The first-order valence-corrected chi connectivity index (χ1v) is 5.21. The molecule has 0 spiro atoms. The Balaban J connectivity index is 2.36. The van der Waals surface area contributed by atoms with Crippen LogP contribution in [0.4, 0.5) is 4.79 Å². The van der Waals surface area contributed by atoms with Crippen molar-refractivity contribution in [1.82, 2.24) is 0 Å². The summed E-state index contributed by atoms with van der Waals surface area (Å²) in [7, 11) is 0. The average molecular weight is 274 g/mol. The second-order valence-electron chi connectivity index (χ2n) is 3.01. The van der Waals surface area contributed by atoms with Gasteiger partial charge in [-0.05, 0) is 31.2 Å². The maximum absolute atomic E-state index is 10.4. The lowest BCUT2D eigenvalue weighted by Gasteiger charge is -2.12. The van der Waals surface area contributed by atoms with Crippen LogP contribution in [0.15, 0.2) is 28.7 Å². The molecule has 1 aromatic carbocycles. The van der Waals surface area contributed by atoms with Crippen molar-refractivity contribution in [3.63, 3.8) is 0 Å². The second kappa shape index (κ2) is 5.60. The molecule has 4 nitrogen and oxygen atoms in total. The van der Waals surface area contributed by atoms with E-state index in [2.05, 4.69) is 15.9 Å². The van der Waals surface area contributed by atoms with Gasteiger partial charge in [0.15, 0.2) is 0 Å². The van der Waals surface area contributed by atoms with Crippen molar-refractivity contribution >= 4 is 22.0 Å². The van der Waals surface area contributed by atoms with E-state index in [-0.39, 0.29) is 12.7 Å². The summed E-state index contributed by atoms with van der Waals surface area (Å²) in [5.74, 6) is 0.720. The minimum absolute atomic E-state index is 0.282. The highest BCUT2D eigenvalue weighted by Gasteiger charge is 2.06. The molecule has 82 valence electrons. The van der Waals surface area contributed by atoms with Crippen molar-refractivity contribution in [2.24, 2.45) is 5.73 Å². The van der Waals surface area contributed by atoms with Gasteiger partial charge in [0.2, 0.25) is 0 Å². The number of carbonyl (C=O) groups is 1. The molecule has 0 bridgehead atoms. The molecule has 0 saturated carbocycles. The van der Waals surface area contributed by atoms with E-state index in [4.69, 9.17) is 15.2 Å². The molecule has 0 heterocycles. The second-order valence-corrected chi connectivity index (χ2v) is 3.93. The van der Waals surface area contributed by atoms with Gasteiger partial charge in [0, 0.05) is 4.47 Å². The fourth-order valence-corrected chi connectivity index (χ4v) is 1.24. The summed E-state index contributed by atoms with van der Waals surface area (Å²) in [6.45, 7) is 1.99. The number of rotatable bonds is 4. The van der Waals surface area contributed by atoms with Gasteiger partial charge < -0.3 is 15.2 Å². The summed E-state index contributed by atoms with van der Waals surface area (Å²) in [5, 5.41) is 0. The molecule has 0 fully saturated rings. The van der Waals surface area contributed by atoms with Gasteiger partial charge in [0.05, 0.1) is 0 Å². The summed E-state index contributed by atoms with van der Waals surface area (Å²) in [6.07, 6.45) is -1.15. The van der Waals surface area contributed by atoms with Gasteiger partial charge in [-0.25, -0.2) is 4.79 Å². The van der Waals surface area contributed by atoms with Gasteiger partial charge in [0.25, 0.3) is 0 Å². The number of halogens is 1. The molecular formula is C10H12BrNO3. The quantitative estimate of drug-likeness (QED) is 0.916. The van der Waals surface area contributed by atoms with Gasteiger partial charge >= 0.3 is 6.09 Å². The monoisotopic (exact) mass is 273 g/mol. The first-order valence-electron chi connectivity index (χ1n) is 4.42. The van der Waals surface area contributed by atoms with Crippen molar-refractivity contribution < 1.29 is 14.3 Å². The summed E-state index contributed by atoms with van der Waals surface area (Å²) < 4.78 is 11.1. The third-order valence-electron chi connectivity index (χ3n) is 1.62. The molecule has 1 rings (SSSR count). The minimum Gasteiger partial charge on any atom is -0.490 e. The van der Waals surface area contributed by atoms with Gasteiger partial charge in [-0.3, -0.25) is 0 Å². The summed E-state index contributed by atoms with van der Waals surface area (Å²) >= 11 is 3.32. The SMILES string of the molecule is CC(COc1ccc(Br)cc1)OC(N)=O. The van der Waals surface area contributed by atoms with Crippen LogP contribution in [0.25, 0.3) is 0 Å². The Kier molecular flexibility index (Phi) is 4.42. The number of carbonyl (C=O) groups excluding carboxylic acids is 1. The highest BCUT2D eigenvalue weighted by molar-refractivity contribution is 9.10. The Bertz CT molecular complexity index is 326. The predicted octanol–water partition coefficient (Wildman–Crippen LogP) is 2.31. The molecule has 1 atom stereocenters. The van der Waals surface area contributed by atoms with Crippen molar-refractivity contribution in [2.45, 2.75) is 13.0 Å². The lowest BCUT2D eigenvalue weighted by molar-refractivity contribution is 0.0823. The minimum atomic E-state index is -0.790. The molecule has 0 aliphatic rings. The fraction of sp³-hybridized carbons (Fsp3) is 0.300. The highest BCUT2D eigenvalue weighted by Crippen LogP contribution is 2.16. The molecule has 0 aromatic heterocycles. The Labute approximate surface area is 96.5 Å². The molecule has 2 N–H and O–H groups in total. The molecule has 1 unspecified atom stereocenters. The molecule has 0 aliphatic heterocycles. The zero-order chi connectivity index (χ0) is 11.3. The van der Waals surface area contributed by atoms with Gasteiger partial charge in [-0.1, -0.05) is 15.9 Å². The lowest BCUT2D eigenvalue weighted by Crippen LogP contribution is -2.25. The molecule has 1 amide bonds. The maximum Gasteiger partial charge on any atom is 0.404 e. The van der Waals surface area contributed by atoms with E-state index in [1.165, 1.54) is 0 Å². The third-order valence-corrected chi connectivity index (χ3v) is 2.14. The molecule has 5 heteroatoms. The van der Waals surface area contributed by atoms with E-state index in [9.17, 15) is 4.79 Å². The smallest absolute Gasteiger partial charge is 0.404 e. The molecule has 0 radical (unpaired) electrons. The number of hydrogen-bond acceptors (Lipinski definition) is 3. The Hall–Kier alpha value is -1.23. The first-order chi connectivity index (χ1) is 7.08. The number of nitrogens with two attached hydrogens (primary N) is 1. The largest absolute Gasteiger partial charge is 0.490 e.